The highest BCUT2D eigenvalue weighted by Crippen LogP contribution is 2.37. The van der Waals surface area contributed by atoms with Gasteiger partial charge in [-0.25, -0.2) is 4.98 Å². The number of aliphatic hydroxyl groups is 1. The van der Waals surface area contributed by atoms with Gasteiger partial charge in [0.15, 0.2) is 0 Å². The van der Waals surface area contributed by atoms with Crippen LogP contribution in [0, 0.1) is 0 Å². The van der Waals surface area contributed by atoms with E-state index in [2.05, 4.69) is 11.4 Å². The maximum atomic E-state index is 13.2. The standard InChI is InChI=1S/C25H26N2O3/c1-3-18(15-28)26-25(29)23-20-6-4-5-7-22(20)27-24-17(10-13-21(23)24)14-16-8-11-19(30-2)12-9-16/h4-9,11-12,14,18,28H,3,10,13,15H2,1-2H3,(H,26,29)/b17-14-. The number of methoxy groups -OCH3 is 1. The second-order valence-corrected chi connectivity index (χ2v) is 7.54. The maximum absolute atomic E-state index is 13.2. The summed E-state index contributed by atoms with van der Waals surface area (Å²) in [6.45, 7) is 1.88. The molecule has 1 amide bonds. The van der Waals surface area contributed by atoms with Gasteiger partial charge >= 0.3 is 0 Å². The van der Waals surface area contributed by atoms with Crippen molar-refractivity contribution in [2.45, 2.75) is 32.2 Å². The molecule has 1 heterocycles. The Labute approximate surface area is 176 Å². The number of carbonyl (C=O) groups excluding carboxylic acids is 1. The highest BCUT2D eigenvalue weighted by molar-refractivity contribution is 6.09. The summed E-state index contributed by atoms with van der Waals surface area (Å²) in [5.41, 5.74) is 5.57. The number of hydrogen-bond acceptors (Lipinski definition) is 4. The second-order valence-electron chi connectivity index (χ2n) is 7.54. The number of benzene rings is 2. The van der Waals surface area contributed by atoms with Crippen molar-refractivity contribution in [3.05, 3.63) is 70.9 Å². The molecule has 0 fully saturated rings. The fourth-order valence-corrected chi connectivity index (χ4v) is 3.97. The van der Waals surface area contributed by atoms with E-state index in [-0.39, 0.29) is 18.6 Å². The quantitative estimate of drug-likeness (QED) is 0.647. The number of aliphatic hydroxyl groups excluding tert-OH is 1. The van der Waals surface area contributed by atoms with Crippen LogP contribution in [0.15, 0.2) is 48.5 Å². The van der Waals surface area contributed by atoms with Crippen LogP contribution in [-0.2, 0) is 6.42 Å². The molecule has 1 aliphatic rings. The average molecular weight is 402 g/mol. The van der Waals surface area contributed by atoms with E-state index in [4.69, 9.17) is 9.72 Å². The lowest BCUT2D eigenvalue weighted by molar-refractivity contribution is 0.0915. The summed E-state index contributed by atoms with van der Waals surface area (Å²) in [4.78, 5) is 18.1. The van der Waals surface area contributed by atoms with Crippen LogP contribution < -0.4 is 10.1 Å². The first-order valence-electron chi connectivity index (χ1n) is 10.3. The highest BCUT2D eigenvalue weighted by Gasteiger charge is 2.27. The van der Waals surface area contributed by atoms with Crippen LogP contribution in [0.25, 0.3) is 22.6 Å². The lowest BCUT2D eigenvalue weighted by Crippen LogP contribution is -2.37. The average Bonchev–Trinajstić information content (AvgIpc) is 3.18. The number of amides is 1. The fourth-order valence-electron chi connectivity index (χ4n) is 3.97. The molecule has 0 radical (unpaired) electrons. The molecule has 0 spiro atoms. The molecule has 0 saturated heterocycles. The van der Waals surface area contributed by atoms with Crippen LogP contribution in [0.5, 0.6) is 5.75 Å². The minimum Gasteiger partial charge on any atom is -0.497 e. The van der Waals surface area contributed by atoms with Crippen LogP contribution in [-0.4, -0.2) is 35.8 Å². The monoisotopic (exact) mass is 402 g/mol. The summed E-state index contributed by atoms with van der Waals surface area (Å²) in [6.07, 6.45) is 4.42. The van der Waals surface area contributed by atoms with Crippen LogP contribution in [0.1, 0.15) is 46.9 Å². The van der Waals surface area contributed by atoms with E-state index in [9.17, 15) is 9.90 Å². The molecule has 2 aromatic carbocycles. The van der Waals surface area contributed by atoms with Crippen LogP contribution in [0.4, 0.5) is 0 Å². The molecule has 30 heavy (non-hydrogen) atoms. The van der Waals surface area contributed by atoms with E-state index in [1.807, 2.05) is 55.5 Å². The highest BCUT2D eigenvalue weighted by atomic mass is 16.5. The van der Waals surface area contributed by atoms with Gasteiger partial charge in [0, 0.05) is 5.39 Å². The number of aromatic nitrogens is 1. The number of carbonyl (C=O) groups is 1. The number of pyridine rings is 1. The molecule has 1 aliphatic carbocycles. The third-order valence-electron chi connectivity index (χ3n) is 5.67. The van der Waals surface area contributed by atoms with Crippen LogP contribution in [0.3, 0.4) is 0 Å². The molecule has 0 aliphatic heterocycles. The Morgan fingerprint density at radius 2 is 1.97 bits per heavy atom. The number of nitrogens with one attached hydrogen (secondary N) is 1. The van der Waals surface area contributed by atoms with Crippen molar-refractivity contribution in [3.63, 3.8) is 0 Å². The molecule has 5 nitrogen and oxygen atoms in total. The third-order valence-corrected chi connectivity index (χ3v) is 5.67. The summed E-state index contributed by atoms with van der Waals surface area (Å²) in [5.74, 6) is 0.679. The molecule has 1 aromatic heterocycles. The van der Waals surface area contributed by atoms with Gasteiger partial charge in [0.05, 0.1) is 36.5 Å². The number of fused-ring (bicyclic) bond motifs is 2. The van der Waals surface area contributed by atoms with E-state index < -0.39 is 0 Å². The Kier molecular flexibility index (Phi) is 5.81. The molecular weight excluding hydrogens is 376 g/mol. The van der Waals surface area contributed by atoms with Crippen molar-refractivity contribution >= 4 is 28.5 Å². The van der Waals surface area contributed by atoms with E-state index in [0.29, 0.717) is 12.0 Å². The summed E-state index contributed by atoms with van der Waals surface area (Å²) in [7, 11) is 1.65. The third kappa shape index (κ3) is 3.81. The van der Waals surface area contributed by atoms with Crippen LogP contribution >= 0.6 is 0 Å². The van der Waals surface area contributed by atoms with Crippen molar-refractivity contribution < 1.29 is 14.6 Å². The van der Waals surface area contributed by atoms with E-state index in [0.717, 1.165) is 51.9 Å². The first kappa shape index (κ1) is 20.1. The molecular formula is C25H26N2O3. The van der Waals surface area contributed by atoms with E-state index >= 15 is 0 Å². The minimum atomic E-state index is -0.254. The lowest BCUT2D eigenvalue weighted by Gasteiger charge is -2.17. The predicted octanol–water partition coefficient (Wildman–Crippen LogP) is 4.23. The van der Waals surface area contributed by atoms with Gasteiger partial charge in [-0.15, -0.1) is 0 Å². The second kappa shape index (κ2) is 8.67. The number of hydrogen-bond donors (Lipinski definition) is 2. The van der Waals surface area contributed by atoms with E-state index in [1.54, 1.807) is 7.11 Å². The normalized spacial score (nSPS) is 15.2. The zero-order valence-electron chi connectivity index (χ0n) is 17.3. The predicted molar refractivity (Wildman–Crippen MR) is 120 cm³/mol. The Hall–Kier alpha value is -3.18. The van der Waals surface area contributed by atoms with E-state index in [1.165, 1.54) is 0 Å². The van der Waals surface area contributed by atoms with Crippen molar-refractivity contribution in [2.75, 3.05) is 13.7 Å². The molecule has 1 unspecified atom stereocenters. The van der Waals surface area contributed by atoms with Gasteiger partial charge in [0.2, 0.25) is 0 Å². The van der Waals surface area contributed by atoms with Gasteiger partial charge in [0.1, 0.15) is 5.75 Å². The van der Waals surface area contributed by atoms with Gasteiger partial charge in [-0.2, -0.15) is 0 Å². The SMILES string of the molecule is CCC(CO)NC(=O)c1c2c(nc3ccccc13)/C(=C\c1ccc(OC)cc1)CC2. The van der Waals surface area contributed by atoms with Gasteiger partial charge < -0.3 is 15.2 Å². The zero-order valence-corrected chi connectivity index (χ0v) is 17.3. The number of para-hydroxylation sites is 1. The first-order valence-corrected chi connectivity index (χ1v) is 10.3. The Morgan fingerprint density at radius 1 is 1.20 bits per heavy atom. The van der Waals surface area contributed by atoms with Crippen molar-refractivity contribution in [1.29, 1.82) is 0 Å². The minimum absolute atomic E-state index is 0.0733. The lowest BCUT2D eigenvalue weighted by atomic mass is 9.99. The fraction of sp³-hybridized carbons (Fsp3) is 0.280. The maximum Gasteiger partial charge on any atom is 0.252 e. The summed E-state index contributed by atoms with van der Waals surface area (Å²) in [5, 5.41) is 13.4. The summed E-state index contributed by atoms with van der Waals surface area (Å²) < 4.78 is 5.24. The molecule has 4 rings (SSSR count). The first-order chi connectivity index (χ1) is 14.6. The van der Waals surface area contributed by atoms with Gasteiger partial charge in [-0.3, -0.25) is 4.79 Å². The molecule has 1 atom stereocenters. The van der Waals surface area contributed by atoms with Crippen LogP contribution in [0.2, 0.25) is 0 Å². The zero-order chi connectivity index (χ0) is 21.1. The Bertz CT molecular complexity index is 1100. The van der Waals surface area contributed by atoms with Gasteiger partial charge in [-0.05, 0) is 60.2 Å². The number of nitrogens with zero attached hydrogens (tertiary/aromatic N) is 1. The summed E-state index contributed by atoms with van der Waals surface area (Å²) in [6, 6.07) is 15.4. The smallest absolute Gasteiger partial charge is 0.252 e. The number of allylic oxidation sites excluding steroid dienone is 1. The topological polar surface area (TPSA) is 71.5 Å². The molecule has 0 bridgehead atoms. The molecule has 0 saturated carbocycles. The largest absolute Gasteiger partial charge is 0.497 e. The summed E-state index contributed by atoms with van der Waals surface area (Å²) >= 11 is 0. The van der Waals surface area contributed by atoms with Crippen molar-refractivity contribution in [1.82, 2.24) is 10.3 Å². The number of rotatable bonds is 6. The Morgan fingerprint density at radius 3 is 2.67 bits per heavy atom. The molecule has 154 valence electrons. The van der Waals surface area contributed by atoms with Crippen molar-refractivity contribution in [3.8, 4) is 5.75 Å². The number of ether oxygens (including phenoxy) is 1. The van der Waals surface area contributed by atoms with Gasteiger partial charge in [0.25, 0.3) is 5.91 Å². The van der Waals surface area contributed by atoms with Gasteiger partial charge in [-0.1, -0.05) is 37.3 Å². The molecule has 3 aromatic rings. The van der Waals surface area contributed by atoms with Crippen molar-refractivity contribution in [2.24, 2.45) is 0 Å². The molecule has 2 N–H and O–H groups in total. The molecule has 5 heteroatoms. The Balaban J connectivity index is 1.80.